The Bertz CT molecular complexity index is 960. The maximum atomic E-state index is 12.6. The molecule has 0 unspecified atom stereocenters. The Morgan fingerprint density at radius 1 is 0.694 bits per heavy atom. The van der Waals surface area contributed by atoms with Gasteiger partial charge < -0.3 is 20.1 Å². The van der Waals surface area contributed by atoms with Crippen LogP contribution in [0, 0.1) is 0 Å². The van der Waals surface area contributed by atoms with Gasteiger partial charge in [-0.2, -0.15) is 0 Å². The minimum absolute atomic E-state index is 0.136. The highest BCUT2D eigenvalue weighted by molar-refractivity contribution is 6.02. The quantitative estimate of drug-likeness (QED) is 0.187. The summed E-state index contributed by atoms with van der Waals surface area (Å²) in [6.07, 6.45) is 11.0. The molecule has 0 fully saturated rings. The molecular weight excluding hydrogens is 456 g/mol. The summed E-state index contributed by atoms with van der Waals surface area (Å²) in [4.78, 5) is 37.3. The molecule has 0 aliphatic rings. The van der Waals surface area contributed by atoms with Crippen molar-refractivity contribution in [3.8, 4) is 5.75 Å². The van der Waals surface area contributed by atoms with Gasteiger partial charge in [-0.1, -0.05) is 82.6 Å². The molecule has 0 aliphatic heterocycles. The molecule has 0 atom stereocenters. The van der Waals surface area contributed by atoms with E-state index >= 15 is 0 Å². The van der Waals surface area contributed by atoms with Crippen LogP contribution in [0.1, 0.15) is 88.4 Å². The summed E-state index contributed by atoms with van der Waals surface area (Å²) in [6.45, 7) is 4.08. The van der Waals surface area contributed by atoms with Crippen molar-refractivity contribution >= 4 is 29.2 Å². The number of ether oxygens (including phenoxy) is 2. The number of nitrogens with one attached hydrogen (secondary N) is 2. The summed E-state index contributed by atoms with van der Waals surface area (Å²) in [6, 6.07) is 13.7. The molecule has 2 aromatic carbocycles. The van der Waals surface area contributed by atoms with Gasteiger partial charge in [0.15, 0.2) is 6.61 Å². The molecule has 7 heteroatoms. The van der Waals surface area contributed by atoms with Crippen LogP contribution < -0.4 is 15.4 Å². The fourth-order valence-electron chi connectivity index (χ4n) is 3.83. The average Bonchev–Trinajstić information content (AvgIpc) is 2.88. The van der Waals surface area contributed by atoms with Crippen LogP contribution >= 0.6 is 0 Å². The number of hydrogen-bond donors (Lipinski definition) is 2. The van der Waals surface area contributed by atoms with E-state index in [9.17, 15) is 14.4 Å². The fraction of sp³-hybridized carbons (Fsp3) is 0.483. The predicted molar refractivity (Wildman–Crippen MR) is 143 cm³/mol. The molecule has 2 N–H and O–H groups in total. The van der Waals surface area contributed by atoms with Gasteiger partial charge in [-0.05, 0) is 37.6 Å². The second-order valence-corrected chi connectivity index (χ2v) is 8.73. The number of unbranched alkanes of at least 4 members (excludes halogenated alkanes) is 8. The van der Waals surface area contributed by atoms with E-state index in [1.807, 2.05) is 13.0 Å². The molecule has 0 saturated carbocycles. The molecule has 0 saturated heterocycles. The molecular formula is C29H40N2O5. The van der Waals surface area contributed by atoms with Crippen molar-refractivity contribution in [2.45, 2.75) is 78.1 Å². The van der Waals surface area contributed by atoms with Gasteiger partial charge in [-0.25, -0.2) is 4.79 Å². The minimum Gasteiger partial charge on any atom is -0.492 e. The van der Waals surface area contributed by atoms with Crippen LogP contribution in [-0.4, -0.2) is 31.0 Å². The number of amides is 2. The molecule has 0 radical (unpaired) electrons. The smallest absolute Gasteiger partial charge is 0.340 e. The largest absolute Gasteiger partial charge is 0.492 e. The lowest BCUT2D eigenvalue weighted by molar-refractivity contribution is -0.119. The van der Waals surface area contributed by atoms with Gasteiger partial charge in [-0.3, -0.25) is 9.59 Å². The summed E-state index contributed by atoms with van der Waals surface area (Å²) in [5.41, 5.74) is 1.09. The van der Waals surface area contributed by atoms with Crippen molar-refractivity contribution < 1.29 is 23.9 Å². The number of esters is 1. The van der Waals surface area contributed by atoms with Crippen molar-refractivity contribution in [2.24, 2.45) is 0 Å². The van der Waals surface area contributed by atoms with Gasteiger partial charge >= 0.3 is 5.97 Å². The Hall–Kier alpha value is -3.35. The normalized spacial score (nSPS) is 10.5. The highest BCUT2D eigenvalue weighted by Crippen LogP contribution is 2.23. The number of carbonyl (C=O) groups is 3. The van der Waals surface area contributed by atoms with E-state index in [-0.39, 0.29) is 11.5 Å². The van der Waals surface area contributed by atoms with Crippen LogP contribution in [0.15, 0.2) is 48.5 Å². The first kappa shape index (κ1) is 28.9. The molecule has 0 heterocycles. The zero-order chi connectivity index (χ0) is 26.0. The SMILES string of the molecule is CCCCCCCCCCCC(=O)Nc1ccccc1C(=O)OCC(=O)Nc1ccccc1OCC. The van der Waals surface area contributed by atoms with Crippen LogP contribution in [0.5, 0.6) is 5.75 Å². The number of anilines is 2. The van der Waals surface area contributed by atoms with Gasteiger partial charge in [0.05, 0.1) is 23.5 Å². The molecule has 0 spiro atoms. The van der Waals surface area contributed by atoms with E-state index in [1.54, 1.807) is 42.5 Å². The number of para-hydroxylation sites is 3. The van der Waals surface area contributed by atoms with E-state index < -0.39 is 18.5 Å². The first-order valence-electron chi connectivity index (χ1n) is 13.1. The predicted octanol–water partition coefficient (Wildman–Crippen LogP) is 6.74. The Balaban J connectivity index is 1.76. The Labute approximate surface area is 215 Å². The first-order chi connectivity index (χ1) is 17.5. The molecule has 2 amide bonds. The maximum absolute atomic E-state index is 12.6. The lowest BCUT2D eigenvalue weighted by Crippen LogP contribution is -2.22. The Morgan fingerprint density at radius 3 is 1.97 bits per heavy atom. The van der Waals surface area contributed by atoms with Crippen LogP contribution in [0.2, 0.25) is 0 Å². The van der Waals surface area contributed by atoms with Gasteiger partial charge in [-0.15, -0.1) is 0 Å². The van der Waals surface area contributed by atoms with Gasteiger partial charge in [0.25, 0.3) is 5.91 Å². The summed E-state index contributed by atoms with van der Waals surface area (Å²) in [5, 5.41) is 5.50. The fourth-order valence-corrected chi connectivity index (χ4v) is 3.83. The highest BCUT2D eigenvalue weighted by atomic mass is 16.5. The van der Waals surface area contributed by atoms with E-state index in [2.05, 4.69) is 17.6 Å². The second kappa shape index (κ2) is 17.1. The lowest BCUT2D eigenvalue weighted by Gasteiger charge is -2.13. The number of hydrogen-bond acceptors (Lipinski definition) is 5. The third-order valence-corrected chi connectivity index (χ3v) is 5.72. The van der Waals surface area contributed by atoms with Gasteiger partial charge in [0.1, 0.15) is 5.75 Å². The molecule has 7 nitrogen and oxygen atoms in total. The van der Waals surface area contributed by atoms with Crippen molar-refractivity contribution in [1.82, 2.24) is 0 Å². The summed E-state index contributed by atoms with van der Waals surface area (Å²) in [5.74, 6) is -0.757. The zero-order valence-electron chi connectivity index (χ0n) is 21.6. The van der Waals surface area contributed by atoms with E-state index in [0.29, 0.717) is 30.2 Å². The van der Waals surface area contributed by atoms with Crippen LogP contribution in [0.3, 0.4) is 0 Å². The van der Waals surface area contributed by atoms with Crippen molar-refractivity contribution in [1.29, 1.82) is 0 Å². The number of carbonyl (C=O) groups excluding carboxylic acids is 3. The standard InChI is InChI=1S/C29H40N2O5/c1-3-5-6-7-8-9-10-11-12-21-27(32)30-24-18-14-13-17-23(24)29(34)36-22-28(33)31-25-19-15-16-20-26(25)35-4-2/h13-20H,3-12,21-22H2,1-2H3,(H,30,32)(H,31,33). The van der Waals surface area contributed by atoms with Crippen molar-refractivity contribution in [3.63, 3.8) is 0 Å². The molecule has 196 valence electrons. The topological polar surface area (TPSA) is 93.7 Å². The average molecular weight is 497 g/mol. The molecule has 2 rings (SSSR count). The van der Waals surface area contributed by atoms with Crippen LogP contribution in [0.4, 0.5) is 11.4 Å². The molecule has 0 aromatic heterocycles. The van der Waals surface area contributed by atoms with E-state index in [0.717, 1.165) is 19.3 Å². The summed E-state index contributed by atoms with van der Waals surface area (Å²) in [7, 11) is 0. The molecule has 2 aromatic rings. The van der Waals surface area contributed by atoms with Crippen molar-refractivity contribution in [3.05, 3.63) is 54.1 Å². The first-order valence-corrected chi connectivity index (χ1v) is 13.1. The Morgan fingerprint density at radius 2 is 1.28 bits per heavy atom. The van der Waals surface area contributed by atoms with E-state index in [4.69, 9.17) is 9.47 Å². The monoisotopic (exact) mass is 496 g/mol. The highest BCUT2D eigenvalue weighted by Gasteiger charge is 2.16. The van der Waals surface area contributed by atoms with Crippen molar-refractivity contribution in [2.75, 3.05) is 23.8 Å². The Kier molecular flexibility index (Phi) is 13.8. The number of rotatable bonds is 17. The lowest BCUT2D eigenvalue weighted by atomic mass is 10.1. The third-order valence-electron chi connectivity index (χ3n) is 5.72. The van der Waals surface area contributed by atoms with Gasteiger partial charge in [0.2, 0.25) is 5.91 Å². The summed E-state index contributed by atoms with van der Waals surface area (Å²) < 4.78 is 10.7. The maximum Gasteiger partial charge on any atom is 0.340 e. The third kappa shape index (κ3) is 10.9. The van der Waals surface area contributed by atoms with Crippen LogP contribution in [-0.2, 0) is 14.3 Å². The van der Waals surface area contributed by atoms with Crippen LogP contribution in [0.25, 0.3) is 0 Å². The van der Waals surface area contributed by atoms with Gasteiger partial charge in [0, 0.05) is 6.42 Å². The second-order valence-electron chi connectivity index (χ2n) is 8.73. The number of benzene rings is 2. The van der Waals surface area contributed by atoms with E-state index in [1.165, 1.54) is 38.5 Å². The molecule has 36 heavy (non-hydrogen) atoms. The molecule has 0 aliphatic carbocycles. The zero-order valence-corrected chi connectivity index (χ0v) is 21.6. The molecule has 0 bridgehead atoms. The summed E-state index contributed by atoms with van der Waals surface area (Å²) >= 11 is 0. The minimum atomic E-state index is -0.679.